The molecule has 27 heavy (non-hydrogen) atoms. The van der Waals surface area contributed by atoms with Crippen LogP contribution in [0.5, 0.6) is 0 Å². The van der Waals surface area contributed by atoms with Gasteiger partial charge in [0.25, 0.3) is 11.6 Å². The second-order valence-electron chi connectivity index (χ2n) is 5.60. The molecule has 0 heterocycles. The van der Waals surface area contributed by atoms with Gasteiger partial charge in [-0.1, -0.05) is 35.9 Å². The molecule has 7 nitrogen and oxygen atoms in total. The van der Waals surface area contributed by atoms with Crippen molar-refractivity contribution in [2.24, 2.45) is 0 Å². The fourth-order valence-electron chi connectivity index (χ4n) is 2.26. The molecule has 1 amide bonds. The van der Waals surface area contributed by atoms with Crippen LogP contribution >= 0.6 is 11.6 Å². The molecular formula is C19H17ClN2O5. The zero-order valence-electron chi connectivity index (χ0n) is 14.4. The van der Waals surface area contributed by atoms with Crippen molar-refractivity contribution >= 4 is 35.2 Å². The summed E-state index contributed by atoms with van der Waals surface area (Å²) in [6, 6.07) is 12.7. The zero-order valence-corrected chi connectivity index (χ0v) is 15.2. The van der Waals surface area contributed by atoms with Crippen molar-refractivity contribution in [3.05, 3.63) is 80.9 Å². The lowest BCUT2D eigenvalue weighted by Gasteiger charge is -2.14. The molecule has 140 valence electrons. The monoisotopic (exact) mass is 388 g/mol. The third-order valence-electron chi connectivity index (χ3n) is 3.63. The van der Waals surface area contributed by atoms with E-state index in [-0.39, 0.29) is 17.3 Å². The maximum atomic E-state index is 11.9. The quantitative estimate of drug-likeness (QED) is 0.337. The van der Waals surface area contributed by atoms with Gasteiger partial charge >= 0.3 is 5.97 Å². The first-order valence-electron chi connectivity index (χ1n) is 8.00. The van der Waals surface area contributed by atoms with E-state index in [0.717, 1.165) is 11.6 Å². The van der Waals surface area contributed by atoms with Crippen molar-refractivity contribution in [1.82, 2.24) is 5.32 Å². The van der Waals surface area contributed by atoms with E-state index in [9.17, 15) is 19.7 Å². The molecule has 0 aliphatic heterocycles. The molecule has 0 radical (unpaired) electrons. The van der Waals surface area contributed by atoms with Crippen molar-refractivity contribution in [3.8, 4) is 0 Å². The zero-order chi connectivity index (χ0) is 19.8. The summed E-state index contributed by atoms with van der Waals surface area (Å²) < 4.78 is 4.85. The van der Waals surface area contributed by atoms with E-state index < -0.39 is 23.4 Å². The van der Waals surface area contributed by atoms with Crippen LogP contribution in [-0.4, -0.2) is 23.4 Å². The van der Waals surface area contributed by atoms with Crippen LogP contribution in [0, 0.1) is 10.1 Å². The van der Waals surface area contributed by atoms with Crippen molar-refractivity contribution in [2.75, 3.05) is 6.61 Å². The van der Waals surface area contributed by atoms with Crippen LogP contribution < -0.4 is 5.32 Å². The molecule has 0 aliphatic rings. The second-order valence-corrected chi connectivity index (χ2v) is 6.03. The van der Waals surface area contributed by atoms with Gasteiger partial charge in [0.05, 0.1) is 16.5 Å². The predicted molar refractivity (Wildman–Crippen MR) is 101 cm³/mol. The standard InChI is InChI=1S/C19H17ClN2O5/c1-13(14-6-9-16(20)10-7-14)21-18(23)12-27-19(24)11-8-15-4-2-3-5-17(15)22(25)26/h2-11,13H,12H2,1H3,(H,21,23)/b11-8+/t13-/m0/s1. The smallest absolute Gasteiger partial charge is 0.331 e. The Kier molecular flexibility index (Phi) is 7.08. The van der Waals surface area contributed by atoms with Crippen LogP contribution in [0.25, 0.3) is 6.08 Å². The van der Waals surface area contributed by atoms with Gasteiger partial charge in [0, 0.05) is 17.2 Å². The van der Waals surface area contributed by atoms with Crippen molar-refractivity contribution in [2.45, 2.75) is 13.0 Å². The number of halogens is 1. The highest BCUT2D eigenvalue weighted by atomic mass is 35.5. The molecule has 0 fully saturated rings. The molecule has 2 aromatic rings. The van der Waals surface area contributed by atoms with Gasteiger partial charge in [-0.2, -0.15) is 0 Å². The average molecular weight is 389 g/mol. The Morgan fingerprint density at radius 3 is 2.56 bits per heavy atom. The molecule has 0 spiro atoms. The van der Waals surface area contributed by atoms with Crippen LogP contribution in [0.1, 0.15) is 24.1 Å². The molecule has 1 atom stereocenters. The Morgan fingerprint density at radius 1 is 1.22 bits per heavy atom. The topological polar surface area (TPSA) is 98.5 Å². The fourth-order valence-corrected chi connectivity index (χ4v) is 2.38. The van der Waals surface area contributed by atoms with E-state index in [1.807, 2.05) is 0 Å². The van der Waals surface area contributed by atoms with Crippen LogP contribution in [0.2, 0.25) is 5.02 Å². The Hall–Kier alpha value is -3.19. The van der Waals surface area contributed by atoms with E-state index in [0.29, 0.717) is 5.02 Å². The van der Waals surface area contributed by atoms with E-state index in [2.05, 4.69) is 5.32 Å². The number of carbonyl (C=O) groups excluding carboxylic acids is 2. The third kappa shape index (κ3) is 6.23. The number of nitrogens with zero attached hydrogens (tertiary/aromatic N) is 1. The summed E-state index contributed by atoms with van der Waals surface area (Å²) in [7, 11) is 0. The first-order valence-corrected chi connectivity index (χ1v) is 8.37. The molecule has 8 heteroatoms. The lowest BCUT2D eigenvalue weighted by molar-refractivity contribution is -0.385. The summed E-state index contributed by atoms with van der Waals surface area (Å²) in [5, 5.41) is 14.2. The summed E-state index contributed by atoms with van der Waals surface area (Å²) in [5.41, 5.74) is 0.992. The molecule has 0 aliphatic carbocycles. The molecule has 0 aromatic heterocycles. The highest BCUT2D eigenvalue weighted by molar-refractivity contribution is 6.30. The minimum Gasteiger partial charge on any atom is -0.452 e. The van der Waals surface area contributed by atoms with E-state index in [1.165, 1.54) is 24.3 Å². The minimum absolute atomic E-state index is 0.129. The Bertz CT molecular complexity index is 865. The number of amides is 1. The number of para-hydroxylation sites is 1. The molecule has 2 aromatic carbocycles. The minimum atomic E-state index is -0.776. The SMILES string of the molecule is C[C@H](NC(=O)COC(=O)/C=C/c1ccccc1[N+](=O)[O-])c1ccc(Cl)cc1. The fraction of sp³-hybridized carbons (Fsp3) is 0.158. The van der Waals surface area contributed by atoms with Gasteiger partial charge < -0.3 is 10.1 Å². The highest BCUT2D eigenvalue weighted by Crippen LogP contribution is 2.19. The number of ether oxygens (including phenoxy) is 1. The first-order chi connectivity index (χ1) is 12.9. The van der Waals surface area contributed by atoms with Gasteiger partial charge in [-0.15, -0.1) is 0 Å². The van der Waals surface area contributed by atoms with E-state index >= 15 is 0 Å². The Morgan fingerprint density at radius 2 is 1.89 bits per heavy atom. The predicted octanol–water partition coefficient (Wildman–Crippen LogP) is 3.68. The van der Waals surface area contributed by atoms with Crippen LogP contribution in [0.4, 0.5) is 5.69 Å². The van der Waals surface area contributed by atoms with E-state index in [4.69, 9.17) is 16.3 Å². The molecule has 2 rings (SSSR count). The number of nitrogens with one attached hydrogen (secondary N) is 1. The number of carbonyl (C=O) groups is 2. The average Bonchev–Trinajstić information content (AvgIpc) is 2.65. The molecular weight excluding hydrogens is 372 g/mol. The third-order valence-corrected chi connectivity index (χ3v) is 3.88. The molecule has 0 bridgehead atoms. The van der Waals surface area contributed by atoms with Crippen LogP contribution in [0.15, 0.2) is 54.6 Å². The highest BCUT2D eigenvalue weighted by Gasteiger charge is 2.12. The summed E-state index contributed by atoms with van der Waals surface area (Å²) >= 11 is 5.82. The number of hydrogen-bond acceptors (Lipinski definition) is 5. The summed E-state index contributed by atoms with van der Waals surface area (Å²) in [4.78, 5) is 34.0. The van der Waals surface area contributed by atoms with Gasteiger partial charge in [-0.05, 0) is 36.8 Å². The maximum Gasteiger partial charge on any atom is 0.331 e. The van der Waals surface area contributed by atoms with Gasteiger partial charge in [-0.25, -0.2) is 4.79 Å². The number of esters is 1. The Labute approximate surface area is 160 Å². The largest absolute Gasteiger partial charge is 0.452 e. The van der Waals surface area contributed by atoms with Crippen molar-refractivity contribution in [1.29, 1.82) is 0 Å². The maximum absolute atomic E-state index is 11.9. The first kappa shape index (κ1) is 20.1. The number of hydrogen-bond donors (Lipinski definition) is 1. The molecule has 0 saturated heterocycles. The normalized spacial score (nSPS) is 11.8. The summed E-state index contributed by atoms with van der Waals surface area (Å²) in [6.45, 7) is 1.33. The van der Waals surface area contributed by atoms with Crippen LogP contribution in [-0.2, 0) is 14.3 Å². The summed E-state index contributed by atoms with van der Waals surface area (Å²) in [5.74, 6) is -1.24. The van der Waals surface area contributed by atoms with Gasteiger partial charge in [0.1, 0.15) is 0 Å². The van der Waals surface area contributed by atoms with Crippen LogP contribution in [0.3, 0.4) is 0 Å². The van der Waals surface area contributed by atoms with Gasteiger partial charge in [0.15, 0.2) is 6.61 Å². The van der Waals surface area contributed by atoms with Crippen molar-refractivity contribution in [3.63, 3.8) is 0 Å². The Balaban J connectivity index is 1.85. The van der Waals surface area contributed by atoms with Gasteiger partial charge in [-0.3, -0.25) is 14.9 Å². The van der Waals surface area contributed by atoms with Crippen molar-refractivity contribution < 1.29 is 19.2 Å². The second kappa shape index (κ2) is 9.49. The molecule has 0 saturated carbocycles. The number of nitro benzene ring substituents is 1. The lowest BCUT2D eigenvalue weighted by Crippen LogP contribution is -2.30. The van der Waals surface area contributed by atoms with Gasteiger partial charge in [0.2, 0.25) is 0 Å². The molecule has 1 N–H and O–H groups in total. The number of benzene rings is 2. The number of rotatable bonds is 7. The number of nitro groups is 1. The lowest BCUT2D eigenvalue weighted by atomic mass is 10.1. The molecule has 0 unspecified atom stereocenters. The summed E-state index contributed by atoms with van der Waals surface area (Å²) in [6.07, 6.45) is 2.31. The van der Waals surface area contributed by atoms with E-state index in [1.54, 1.807) is 37.3 Å².